The molecule has 6 nitrogen and oxygen atoms in total. The molecule has 0 amide bonds. The molecule has 0 aliphatic carbocycles. The normalized spacial score (nSPS) is 13.0. The maximum absolute atomic E-state index is 6.34. The van der Waals surface area contributed by atoms with Crippen molar-refractivity contribution in [1.29, 1.82) is 0 Å². The quantitative estimate of drug-likeness (QED) is 0.418. The number of benzene rings is 3. The Morgan fingerprint density at radius 3 is 1.55 bits per heavy atom. The Morgan fingerprint density at radius 2 is 1.06 bits per heavy atom. The van der Waals surface area contributed by atoms with Crippen LogP contribution in [0.3, 0.4) is 0 Å². The van der Waals surface area contributed by atoms with Crippen molar-refractivity contribution in [2.45, 2.75) is 0 Å². The lowest BCUT2D eigenvalue weighted by molar-refractivity contribution is 0.436. The third-order valence-corrected chi connectivity index (χ3v) is 5.84. The molecule has 4 heterocycles. The average Bonchev–Trinajstić information content (AvgIpc) is 3.44. The van der Waals surface area contributed by atoms with Crippen LogP contribution in [0, 0.1) is 0 Å². The average molecular weight is 402 g/mol. The standard InChI is InChI=1S/C24H15BN4O2/c1-3-8-16(9-4-1)28-14-26-21-23(28)30-18-12-7-13-19-20(18)25(21)22-24(31-19)29(15-27-22)17-10-5-2-6-11-17/h1-15H. The molecule has 7 heteroatoms. The van der Waals surface area contributed by atoms with Crippen LogP contribution in [0.1, 0.15) is 0 Å². The largest absolute Gasteiger partial charge is 0.440 e. The van der Waals surface area contributed by atoms with Crippen molar-refractivity contribution in [2.24, 2.45) is 0 Å². The fourth-order valence-corrected chi connectivity index (χ4v) is 4.44. The first-order valence-corrected chi connectivity index (χ1v) is 10.1. The molecule has 0 fully saturated rings. The Hall–Kier alpha value is -4.26. The molecule has 0 spiro atoms. The van der Waals surface area contributed by atoms with Gasteiger partial charge in [-0.25, -0.2) is 9.97 Å². The predicted molar refractivity (Wildman–Crippen MR) is 118 cm³/mol. The summed E-state index contributed by atoms with van der Waals surface area (Å²) in [5.41, 5.74) is 4.65. The van der Waals surface area contributed by atoms with Crippen molar-refractivity contribution in [1.82, 2.24) is 19.1 Å². The van der Waals surface area contributed by atoms with Gasteiger partial charge in [-0.1, -0.05) is 42.5 Å². The molecule has 0 N–H and O–H groups in total. The van der Waals surface area contributed by atoms with E-state index < -0.39 is 0 Å². The smallest absolute Gasteiger partial charge is 0.311 e. The van der Waals surface area contributed by atoms with Crippen LogP contribution in [-0.4, -0.2) is 25.8 Å². The molecule has 0 saturated heterocycles. The van der Waals surface area contributed by atoms with Crippen molar-refractivity contribution in [3.63, 3.8) is 0 Å². The molecule has 0 bridgehead atoms. The van der Waals surface area contributed by atoms with Gasteiger partial charge in [0.2, 0.25) is 11.8 Å². The zero-order valence-corrected chi connectivity index (χ0v) is 16.3. The van der Waals surface area contributed by atoms with E-state index in [2.05, 4.69) is 0 Å². The molecule has 31 heavy (non-hydrogen) atoms. The van der Waals surface area contributed by atoms with E-state index in [1.54, 1.807) is 0 Å². The molecule has 5 aromatic rings. The Bertz CT molecular complexity index is 1340. The van der Waals surface area contributed by atoms with E-state index in [0.717, 1.165) is 39.5 Å². The molecule has 0 radical (unpaired) electrons. The fourth-order valence-electron chi connectivity index (χ4n) is 4.44. The first-order chi connectivity index (χ1) is 15.4. The highest BCUT2D eigenvalue weighted by atomic mass is 16.5. The molecule has 0 atom stereocenters. The van der Waals surface area contributed by atoms with Crippen LogP contribution in [0.2, 0.25) is 0 Å². The Kier molecular flexibility index (Phi) is 3.26. The third kappa shape index (κ3) is 2.28. The second-order valence-electron chi connectivity index (χ2n) is 7.59. The number of rotatable bonds is 2. The Labute approximate surface area is 178 Å². The summed E-state index contributed by atoms with van der Waals surface area (Å²) in [5, 5.41) is 0. The fraction of sp³-hybridized carbons (Fsp3) is 0. The molecular formula is C24H15BN4O2. The summed E-state index contributed by atoms with van der Waals surface area (Å²) >= 11 is 0. The molecule has 2 aliphatic heterocycles. The second-order valence-corrected chi connectivity index (χ2v) is 7.59. The van der Waals surface area contributed by atoms with Crippen LogP contribution in [-0.2, 0) is 0 Å². The zero-order valence-electron chi connectivity index (χ0n) is 16.3. The van der Waals surface area contributed by atoms with Crippen LogP contribution in [0.15, 0.2) is 91.5 Å². The number of para-hydroxylation sites is 2. The van der Waals surface area contributed by atoms with Gasteiger partial charge < -0.3 is 9.47 Å². The van der Waals surface area contributed by atoms with Gasteiger partial charge >= 0.3 is 6.71 Å². The summed E-state index contributed by atoms with van der Waals surface area (Å²) in [6, 6.07) is 26.1. The van der Waals surface area contributed by atoms with Gasteiger partial charge in [-0.2, -0.15) is 0 Å². The van der Waals surface area contributed by atoms with E-state index >= 15 is 0 Å². The van der Waals surface area contributed by atoms with Gasteiger partial charge in [-0.15, -0.1) is 0 Å². The van der Waals surface area contributed by atoms with Gasteiger partial charge in [-0.3, -0.25) is 9.13 Å². The number of hydrogen-bond donors (Lipinski definition) is 0. The topological polar surface area (TPSA) is 54.1 Å². The van der Waals surface area contributed by atoms with Gasteiger partial charge in [-0.05, 0) is 36.4 Å². The third-order valence-electron chi connectivity index (χ3n) is 5.84. The van der Waals surface area contributed by atoms with Crippen molar-refractivity contribution in [3.8, 4) is 34.6 Å². The zero-order chi connectivity index (χ0) is 20.4. The van der Waals surface area contributed by atoms with Crippen LogP contribution < -0.4 is 26.1 Å². The number of aromatic nitrogens is 4. The number of hydrogen-bond acceptors (Lipinski definition) is 4. The van der Waals surface area contributed by atoms with Crippen LogP contribution in [0.5, 0.6) is 23.3 Å². The summed E-state index contributed by atoms with van der Waals surface area (Å²) < 4.78 is 16.6. The van der Waals surface area contributed by atoms with E-state index in [-0.39, 0.29) is 6.71 Å². The molecule has 2 aliphatic rings. The van der Waals surface area contributed by atoms with Gasteiger partial charge in [0.15, 0.2) is 0 Å². The SMILES string of the molecule is c1ccc(-n2cnc3c2Oc2cccc4c2B3c2ncn(-c3ccccc3)c2O4)cc1. The van der Waals surface area contributed by atoms with E-state index in [1.807, 2.05) is 101 Å². The predicted octanol–water partition coefficient (Wildman–Crippen LogP) is 2.79. The highest BCUT2D eigenvalue weighted by Crippen LogP contribution is 2.35. The summed E-state index contributed by atoms with van der Waals surface area (Å²) in [5.74, 6) is 2.96. The van der Waals surface area contributed by atoms with E-state index in [0.29, 0.717) is 11.8 Å². The van der Waals surface area contributed by atoms with Gasteiger partial charge in [0.1, 0.15) is 24.2 Å². The maximum Gasteiger partial charge on any atom is 0.311 e. The lowest BCUT2D eigenvalue weighted by Gasteiger charge is -2.29. The van der Waals surface area contributed by atoms with E-state index in [1.165, 1.54) is 0 Å². The van der Waals surface area contributed by atoms with Gasteiger partial charge in [0.25, 0.3) is 0 Å². The van der Waals surface area contributed by atoms with E-state index in [9.17, 15) is 0 Å². The number of nitrogens with zero attached hydrogens (tertiary/aromatic N) is 4. The van der Waals surface area contributed by atoms with Gasteiger partial charge in [0.05, 0.1) is 11.2 Å². The van der Waals surface area contributed by atoms with Crippen LogP contribution in [0.25, 0.3) is 11.4 Å². The Balaban J connectivity index is 1.46. The summed E-state index contributed by atoms with van der Waals surface area (Å²) in [7, 11) is 0. The number of imidazole rings is 2. The maximum atomic E-state index is 6.34. The number of fused-ring (bicyclic) bond motifs is 4. The van der Waals surface area contributed by atoms with Crippen molar-refractivity contribution in [3.05, 3.63) is 91.5 Å². The highest BCUT2D eigenvalue weighted by molar-refractivity contribution is 6.97. The van der Waals surface area contributed by atoms with Crippen molar-refractivity contribution in [2.75, 3.05) is 0 Å². The van der Waals surface area contributed by atoms with Crippen LogP contribution >= 0.6 is 0 Å². The molecule has 2 aromatic heterocycles. The highest BCUT2D eigenvalue weighted by Gasteiger charge is 2.45. The number of ether oxygens (including phenoxy) is 2. The molecule has 7 rings (SSSR count). The van der Waals surface area contributed by atoms with Crippen LogP contribution in [0.4, 0.5) is 0 Å². The first-order valence-electron chi connectivity index (χ1n) is 10.1. The van der Waals surface area contributed by atoms with Crippen molar-refractivity contribution < 1.29 is 9.47 Å². The minimum Gasteiger partial charge on any atom is -0.440 e. The Morgan fingerprint density at radius 1 is 0.581 bits per heavy atom. The summed E-state index contributed by atoms with van der Waals surface area (Å²) in [6.07, 6.45) is 3.63. The molecule has 0 saturated carbocycles. The van der Waals surface area contributed by atoms with E-state index in [4.69, 9.17) is 19.4 Å². The monoisotopic (exact) mass is 402 g/mol. The molecular weight excluding hydrogens is 387 g/mol. The first kappa shape index (κ1) is 16.5. The minimum absolute atomic E-state index is 0.159. The van der Waals surface area contributed by atoms with Crippen molar-refractivity contribution >= 4 is 23.4 Å². The lowest BCUT2D eigenvalue weighted by Crippen LogP contribution is -2.58. The van der Waals surface area contributed by atoms with Gasteiger partial charge in [0, 0.05) is 16.8 Å². The minimum atomic E-state index is -0.159. The second kappa shape index (κ2) is 6.12. The summed E-state index contributed by atoms with van der Waals surface area (Å²) in [4.78, 5) is 9.55. The molecule has 146 valence electrons. The molecule has 3 aromatic carbocycles. The molecule has 0 unspecified atom stereocenters. The lowest BCUT2D eigenvalue weighted by atomic mass is 9.38. The summed E-state index contributed by atoms with van der Waals surface area (Å²) in [6.45, 7) is -0.159.